The number of hydrogen-bond acceptors (Lipinski definition) is 4. The van der Waals surface area contributed by atoms with E-state index >= 15 is 0 Å². The van der Waals surface area contributed by atoms with E-state index in [0.717, 1.165) is 6.20 Å². The normalized spacial score (nSPS) is 17.0. The Morgan fingerprint density at radius 1 is 1.20 bits per heavy atom. The van der Waals surface area contributed by atoms with Crippen molar-refractivity contribution in [2.45, 2.75) is 32.0 Å². The summed E-state index contributed by atoms with van der Waals surface area (Å²) in [5.74, 6) is -2.50. The van der Waals surface area contributed by atoms with Gasteiger partial charge in [-0.25, -0.2) is 4.68 Å². The molecule has 0 bridgehead atoms. The number of anilines is 1. The van der Waals surface area contributed by atoms with E-state index in [1.807, 2.05) is 6.07 Å². The number of ketones is 1. The Hall–Kier alpha value is -3.30. The summed E-state index contributed by atoms with van der Waals surface area (Å²) in [7, 11) is 1.69. The summed E-state index contributed by atoms with van der Waals surface area (Å²) < 4.78 is 40.2. The van der Waals surface area contributed by atoms with Gasteiger partial charge in [-0.2, -0.15) is 13.2 Å². The van der Waals surface area contributed by atoms with E-state index in [1.54, 1.807) is 42.9 Å². The third kappa shape index (κ3) is 4.17. The Labute approximate surface area is 170 Å². The van der Waals surface area contributed by atoms with Crippen LogP contribution in [0.5, 0.6) is 0 Å². The third-order valence-electron chi connectivity index (χ3n) is 5.10. The number of para-hydroxylation sites is 1. The minimum atomic E-state index is -4.96. The van der Waals surface area contributed by atoms with Crippen molar-refractivity contribution in [3.05, 3.63) is 58.7 Å². The summed E-state index contributed by atoms with van der Waals surface area (Å²) in [4.78, 5) is 38.1. The number of likely N-dealkylation sites (tertiary alicyclic amines) is 1. The average Bonchev–Trinajstić information content (AvgIpc) is 3.25. The van der Waals surface area contributed by atoms with Gasteiger partial charge in [-0.1, -0.05) is 18.2 Å². The number of carbonyl (C=O) groups is 2. The molecule has 1 saturated heterocycles. The fraction of sp³-hybridized carbons (Fsp3) is 0.350. The van der Waals surface area contributed by atoms with Crippen molar-refractivity contribution in [2.75, 3.05) is 11.9 Å². The summed E-state index contributed by atoms with van der Waals surface area (Å²) in [6, 6.07) is 8.13. The van der Waals surface area contributed by atoms with Crippen molar-refractivity contribution in [1.82, 2.24) is 14.3 Å². The van der Waals surface area contributed by atoms with Gasteiger partial charge in [-0.15, -0.1) is 0 Å². The van der Waals surface area contributed by atoms with Crippen LogP contribution >= 0.6 is 0 Å². The zero-order chi connectivity index (χ0) is 22.1. The summed E-state index contributed by atoms with van der Waals surface area (Å²) in [6.07, 6.45) is -2.58. The molecular formula is C20H21F3N4O3. The maximum Gasteiger partial charge on any atom is 0.454 e. The van der Waals surface area contributed by atoms with Crippen LogP contribution in [0.1, 0.15) is 18.5 Å². The molecule has 7 nitrogen and oxygen atoms in total. The smallest absolute Gasteiger partial charge is 0.365 e. The van der Waals surface area contributed by atoms with E-state index in [9.17, 15) is 27.6 Å². The Morgan fingerprint density at radius 2 is 1.87 bits per heavy atom. The van der Waals surface area contributed by atoms with Crippen LogP contribution in [-0.2, 0) is 16.6 Å². The molecular weight excluding hydrogens is 401 g/mol. The average molecular weight is 422 g/mol. The molecule has 1 fully saturated rings. The molecule has 1 N–H and O–H groups in total. The Kier molecular flexibility index (Phi) is 5.86. The van der Waals surface area contributed by atoms with Crippen molar-refractivity contribution in [1.29, 1.82) is 0 Å². The highest BCUT2D eigenvalue weighted by molar-refractivity contribution is 5.96. The van der Waals surface area contributed by atoms with Gasteiger partial charge in [0.1, 0.15) is 11.7 Å². The van der Waals surface area contributed by atoms with Gasteiger partial charge in [0, 0.05) is 25.9 Å². The van der Waals surface area contributed by atoms with E-state index in [1.165, 1.54) is 9.58 Å². The molecule has 1 atom stereocenters. The molecule has 0 unspecified atom stereocenters. The molecule has 2 aromatic rings. The molecule has 1 aliphatic heterocycles. The Balaban J connectivity index is 1.82. The number of rotatable bonds is 5. The SMILES string of the molecule is Cc1c(NC(=O)[C@H]2CCCN2/C=C/C(=O)C(F)(F)F)c(=O)n(-c2ccccc2)n1C. The van der Waals surface area contributed by atoms with Gasteiger partial charge in [0.2, 0.25) is 5.91 Å². The topological polar surface area (TPSA) is 76.3 Å². The lowest BCUT2D eigenvalue weighted by atomic mass is 10.2. The van der Waals surface area contributed by atoms with Crippen LogP contribution < -0.4 is 10.9 Å². The van der Waals surface area contributed by atoms with Crippen molar-refractivity contribution in [2.24, 2.45) is 7.05 Å². The van der Waals surface area contributed by atoms with Crippen molar-refractivity contribution < 1.29 is 22.8 Å². The van der Waals surface area contributed by atoms with Crippen molar-refractivity contribution >= 4 is 17.4 Å². The predicted molar refractivity (Wildman–Crippen MR) is 104 cm³/mol. The monoisotopic (exact) mass is 422 g/mol. The molecule has 160 valence electrons. The highest BCUT2D eigenvalue weighted by atomic mass is 19.4. The minimum absolute atomic E-state index is 0.105. The third-order valence-corrected chi connectivity index (χ3v) is 5.10. The van der Waals surface area contributed by atoms with Gasteiger partial charge in [-0.3, -0.25) is 19.1 Å². The van der Waals surface area contributed by atoms with Crippen LogP contribution in [0.25, 0.3) is 5.69 Å². The van der Waals surface area contributed by atoms with Gasteiger partial charge in [0.25, 0.3) is 11.3 Å². The van der Waals surface area contributed by atoms with Crippen LogP contribution in [0.15, 0.2) is 47.4 Å². The lowest BCUT2D eigenvalue weighted by molar-refractivity contribution is -0.165. The number of nitrogens with zero attached hydrogens (tertiary/aromatic N) is 3. The van der Waals surface area contributed by atoms with Crippen LogP contribution in [0.3, 0.4) is 0 Å². The van der Waals surface area contributed by atoms with Gasteiger partial charge < -0.3 is 10.2 Å². The van der Waals surface area contributed by atoms with Gasteiger partial charge in [0.05, 0.1) is 11.4 Å². The van der Waals surface area contributed by atoms with E-state index < -0.39 is 29.5 Å². The second-order valence-electron chi connectivity index (χ2n) is 7.00. The van der Waals surface area contributed by atoms with Crippen LogP contribution in [-0.4, -0.2) is 44.7 Å². The lowest BCUT2D eigenvalue weighted by Gasteiger charge is -2.21. The van der Waals surface area contributed by atoms with Gasteiger partial charge in [0.15, 0.2) is 0 Å². The van der Waals surface area contributed by atoms with Crippen molar-refractivity contribution in [3.8, 4) is 5.69 Å². The van der Waals surface area contributed by atoms with E-state index in [0.29, 0.717) is 36.8 Å². The Morgan fingerprint density at radius 3 is 2.50 bits per heavy atom. The molecule has 1 aliphatic rings. The largest absolute Gasteiger partial charge is 0.454 e. The molecule has 1 amide bonds. The molecule has 30 heavy (non-hydrogen) atoms. The summed E-state index contributed by atoms with van der Waals surface area (Å²) in [5, 5.41) is 2.62. The number of allylic oxidation sites excluding steroid dienone is 1. The quantitative estimate of drug-likeness (QED) is 0.752. The molecule has 1 aromatic heterocycles. The van der Waals surface area contributed by atoms with Crippen LogP contribution in [0.4, 0.5) is 18.9 Å². The van der Waals surface area contributed by atoms with Crippen LogP contribution in [0.2, 0.25) is 0 Å². The Bertz CT molecular complexity index is 1040. The number of halogens is 3. The molecule has 0 spiro atoms. The highest BCUT2D eigenvalue weighted by Crippen LogP contribution is 2.22. The maximum absolute atomic E-state index is 12.9. The fourth-order valence-electron chi connectivity index (χ4n) is 3.43. The lowest BCUT2D eigenvalue weighted by Crippen LogP contribution is -2.38. The van der Waals surface area contributed by atoms with E-state index in [2.05, 4.69) is 5.32 Å². The maximum atomic E-state index is 12.9. The molecule has 10 heteroatoms. The number of nitrogens with one attached hydrogen (secondary N) is 1. The minimum Gasteiger partial charge on any atom is -0.365 e. The zero-order valence-corrected chi connectivity index (χ0v) is 16.4. The first-order valence-electron chi connectivity index (χ1n) is 9.31. The number of aromatic nitrogens is 2. The molecule has 2 heterocycles. The number of hydrogen-bond donors (Lipinski definition) is 1. The second kappa shape index (κ2) is 8.21. The van der Waals surface area contributed by atoms with Crippen molar-refractivity contribution in [3.63, 3.8) is 0 Å². The molecule has 3 rings (SSSR count). The van der Waals surface area contributed by atoms with Gasteiger partial charge >= 0.3 is 6.18 Å². The predicted octanol–water partition coefficient (Wildman–Crippen LogP) is 2.53. The van der Waals surface area contributed by atoms with Gasteiger partial charge in [-0.05, 0) is 31.9 Å². The summed E-state index contributed by atoms with van der Waals surface area (Å²) in [5.41, 5.74) is 0.852. The molecule has 0 radical (unpaired) electrons. The first kappa shape index (κ1) is 21.4. The standard InChI is InChI=1S/C20H21F3N4O3/c1-13-17(19(30)27(25(13)2)14-7-4-3-5-8-14)24-18(29)15-9-6-11-26(15)12-10-16(28)20(21,22)23/h3-5,7-8,10,12,15H,6,9,11H2,1-2H3,(H,24,29)/b12-10+/t15-/m1/s1. The summed E-state index contributed by atoms with van der Waals surface area (Å²) >= 11 is 0. The van der Waals surface area contributed by atoms with Crippen LogP contribution in [0, 0.1) is 6.92 Å². The second-order valence-corrected chi connectivity index (χ2v) is 7.00. The number of carbonyl (C=O) groups excluding carboxylic acids is 2. The number of alkyl halides is 3. The number of amides is 1. The fourth-order valence-corrected chi connectivity index (χ4v) is 3.43. The first-order valence-corrected chi connectivity index (χ1v) is 9.31. The number of benzene rings is 1. The molecule has 1 aromatic carbocycles. The summed E-state index contributed by atoms with van der Waals surface area (Å²) in [6.45, 7) is 2.02. The molecule has 0 aliphatic carbocycles. The zero-order valence-electron chi connectivity index (χ0n) is 16.4. The van der Waals surface area contributed by atoms with E-state index in [-0.39, 0.29) is 5.69 Å². The van der Waals surface area contributed by atoms with E-state index in [4.69, 9.17) is 0 Å². The first-order chi connectivity index (χ1) is 14.1. The highest BCUT2D eigenvalue weighted by Gasteiger charge is 2.37. The molecule has 0 saturated carbocycles.